The van der Waals surface area contributed by atoms with Crippen molar-refractivity contribution in [2.24, 2.45) is 0 Å². The van der Waals surface area contributed by atoms with E-state index in [-0.39, 0.29) is 32.9 Å². The molecular weight excluding hydrogens is 530 g/mol. The number of carbonyl (C=O) groups excluding carboxylic acids is 2. The largest absolute Gasteiger partial charge is 0.481 e. The van der Waals surface area contributed by atoms with Crippen molar-refractivity contribution >= 4 is 35.8 Å². The summed E-state index contributed by atoms with van der Waals surface area (Å²) >= 11 is 0. The van der Waals surface area contributed by atoms with Gasteiger partial charge in [0.1, 0.15) is 18.1 Å². The van der Waals surface area contributed by atoms with Gasteiger partial charge in [-0.05, 0) is 45.7 Å². The molecule has 0 aliphatic carbocycles. The molecule has 0 aliphatic rings. The Hall–Kier alpha value is -2.77. The predicted octanol–water partition coefficient (Wildman–Crippen LogP) is -1.21. The minimum absolute atomic E-state index is 0. The Balaban J connectivity index is 0. The fraction of sp³-hybridized carbons (Fsp3) is 0.667. The molecule has 0 aromatic heterocycles. The molecule has 0 aromatic rings. The van der Waals surface area contributed by atoms with Gasteiger partial charge < -0.3 is 41.7 Å². The molecule has 0 saturated carbocycles. The molecule has 1 radical (unpaired) electrons. The number of amides is 3. The molecule has 0 bridgehead atoms. The molecule has 0 heterocycles. The van der Waals surface area contributed by atoms with E-state index in [0.717, 1.165) is 0 Å². The maximum atomic E-state index is 12.0. The zero-order chi connectivity index (χ0) is 24.7. The van der Waals surface area contributed by atoms with Gasteiger partial charge in [0.05, 0.1) is 0 Å². The minimum Gasteiger partial charge on any atom is -0.481 e. The zero-order valence-corrected chi connectivity index (χ0v) is 19.9. The minimum atomic E-state index is -1.56. The van der Waals surface area contributed by atoms with E-state index in [0.29, 0.717) is 19.4 Å². The summed E-state index contributed by atoms with van der Waals surface area (Å²) in [7, 11) is 1.75. The summed E-state index contributed by atoms with van der Waals surface area (Å²) in [5.74, 6) is -6.20. The number of nitrogens with one attached hydrogen (secondary N) is 4. The van der Waals surface area contributed by atoms with Gasteiger partial charge in [0.2, 0.25) is 5.91 Å². The van der Waals surface area contributed by atoms with Crippen LogP contribution in [-0.4, -0.2) is 88.0 Å². The van der Waals surface area contributed by atoms with E-state index in [1.165, 1.54) is 0 Å². The number of carboxylic acids is 4. The fourth-order valence-electron chi connectivity index (χ4n) is 2.59. The molecule has 14 nitrogen and oxygen atoms in total. The van der Waals surface area contributed by atoms with Gasteiger partial charge in [-0.3, -0.25) is 9.59 Å². The first-order valence-electron chi connectivity index (χ1n) is 9.89. The summed E-state index contributed by atoms with van der Waals surface area (Å²) in [6.45, 7) is 0.688. The van der Waals surface area contributed by atoms with Gasteiger partial charge >= 0.3 is 29.9 Å². The third kappa shape index (κ3) is 15.6. The first kappa shape index (κ1) is 32.4. The van der Waals surface area contributed by atoms with Crippen LogP contribution in [0.2, 0.25) is 0 Å². The Morgan fingerprint density at radius 2 is 1.12 bits per heavy atom. The third-order valence-electron chi connectivity index (χ3n) is 4.32. The summed E-state index contributed by atoms with van der Waals surface area (Å²) in [4.78, 5) is 68.2. The quantitative estimate of drug-likeness (QED) is 0.0984. The Morgan fingerprint density at radius 3 is 1.55 bits per heavy atom. The van der Waals surface area contributed by atoms with E-state index < -0.39 is 73.2 Å². The van der Waals surface area contributed by atoms with E-state index in [2.05, 4.69) is 10.6 Å². The van der Waals surface area contributed by atoms with Crippen LogP contribution >= 0.6 is 0 Å². The average Bonchev–Trinajstić information content (AvgIpc) is 2.69. The van der Waals surface area contributed by atoms with Gasteiger partial charge in [0, 0.05) is 32.9 Å². The number of hydrogen-bond donors (Lipinski definition) is 8. The van der Waals surface area contributed by atoms with Crippen LogP contribution in [0, 0.1) is 0 Å². The van der Waals surface area contributed by atoms with Crippen LogP contribution in [0.25, 0.3) is 0 Å². The topological polar surface area (TPSA) is 231 Å². The standard InChI is InChI=1S/C18H30N4O10.Tc/c1-19-9-3-2-4-10(15(26)27)20-13(23)7-5-11(16(28)29)21-18(32)22-12(17(30)31)6-8-14(24)25;/h10-12,19H,2-9H2,1H3,(H,20,23)(H,24,25)(H,26,27)(H,28,29)(H,30,31)(H2,21,22,32);. The predicted molar refractivity (Wildman–Crippen MR) is 108 cm³/mol. The number of carbonyl (C=O) groups is 6. The van der Waals surface area contributed by atoms with Crippen molar-refractivity contribution in [3.63, 3.8) is 0 Å². The molecule has 3 amide bonds. The van der Waals surface area contributed by atoms with Crippen LogP contribution in [0.5, 0.6) is 0 Å². The number of urea groups is 1. The number of aliphatic carboxylic acids is 4. The number of unbranched alkanes of at least 4 members (excludes halogenated alkanes) is 1. The maximum absolute atomic E-state index is 12.0. The molecule has 8 N–H and O–H groups in total. The van der Waals surface area contributed by atoms with Crippen LogP contribution in [0.1, 0.15) is 44.9 Å². The summed E-state index contributed by atoms with van der Waals surface area (Å²) in [6, 6.07) is -5.41. The molecule has 0 fully saturated rings. The summed E-state index contributed by atoms with van der Waals surface area (Å²) in [5.41, 5.74) is 0. The molecule has 0 rings (SSSR count). The Bertz CT molecular complexity index is 691. The van der Waals surface area contributed by atoms with E-state index >= 15 is 0 Å². The van der Waals surface area contributed by atoms with E-state index in [9.17, 15) is 39.0 Å². The van der Waals surface area contributed by atoms with Gasteiger partial charge in [0.25, 0.3) is 0 Å². The molecule has 3 unspecified atom stereocenters. The third-order valence-corrected chi connectivity index (χ3v) is 4.32. The molecule has 0 aromatic carbocycles. The van der Waals surface area contributed by atoms with Gasteiger partial charge in [-0.2, -0.15) is 0 Å². The SMILES string of the molecule is CNCCCCC(NC(=O)CCC(NC(=O)NC(CCC(=O)O)C(=O)O)C(=O)O)C(=O)O.[Tc]. The van der Waals surface area contributed by atoms with Crippen molar-refractivity contribution in [1.82, 2.24) is 21.3 Å². The van der Waals surface area contributed by atoms with Gasteiger partial charge in [-0.15, -0.1) is 0 Å². The smallest absolute Gasteiger partial charge is 0.326 e. The maximum Gasteiger partial charge on any atom is 0.326 e. The molecule has 33 heavy (non-hydrogen) atoms. The van der Waals surface area contributed by atoms with Gasteiger partial charge in [0.15, 0.2) is 0 Å². The number of hydrogen-bond acceptors (Lipinski definition) is 7. The van der Waals surface area contributed by atoms with Crippen molar-refractivity contribution in [2.75, 3.05) is 13.6 Å². The van der Waals surface area contributed by atoms with Crippen LogP contribution in [0.15, 0.2) is 0 Å². The van der Waals surface area contributed by atoms with Crippen LogP contribution in [0.4, 0.5) is 4.79 Å². The van der Waals surface area contributed by atoms with Crippen LogP contribution < -0.4 is 21.3 Å². The second kappa shape index (κ2) is 17.7. The fourth-order valence-corrected chi connectivity index (χ4v) is 2.59. The summed E-state index contributed by atoms with van der Waals surface area (Å²) in [6.07, 6.45) is -0.280. The Morgan fingerprint density at radius 1 is 0.667 bits per heavy atom. The summed E-state index contributed by atoms with van der Waals surface area (Å²) in [5, 5.41) is 45.2. The van der Waals surface area contributed by atoms with Crippen LogP contribution in [-0.2, 0) is 44.1 Å². The van der Waals surface area contributed by atoms with Crippen molar-refractivity contribution in [2.45, 2.75) is 63.1 Å². The molecule has 189 valence electrons. The normalized spacial score (nSPS) is 12.9. The van der Waals surface area contributed by atoms with E-state index in [1.54, 1.807) is 7.05 Å². The molecule has 0 spiro atoms. The monoisotopic (exact) mass is 559 g/mol. The second-order valence-electron chi connectivity index (χ2n) is 6.93. The van der Waals surface area contributed by atoms with Crippen molar-refractivity contribution in [1.29, 1.82) is 0 Å². The average molecular weight is 560 g/mol. The first-order chi connectivity index (χ1) is 15.0. The van der Waals surface area contributed by atoms with Crippen molar-refractivity contribution in [3.8, 4) is 0 Å². The molecule has 3 atom stereocenters. The summed E-state index contributed by atoms with van der Waals surface area (Å²) < 4.78 is 0. The number of carboxylic acid groups (broad SMARTS) is 4. The van der Waals surface area contributed by atoms with E-state index in [4.69, 9.17) is 10.2 Å². The second-order valence-corrected chi connectivity index (χ2v) is 6.93. The number of rotatable bonds is 17. The molecule has 15 heteroatoms. The Kier molecular flexibility index (Phi) is 17.4. The van der Waals surface area contributed by atoms with Crippen LogP contribution in [0.3, 0.4) is 0 Å². The van der Waals surface area contributed by atoms with Crippen molar-refractivity contribution < 1.29 is 69.3 Å². The zero-order valence-electron chi connectivity index (χ0n) is 18.0. The van der Waals surface area contributed by atoms with Crippen molar-refractivity contribution in [3.05, 3.63) is 0 Å². The molecular formula is C18H30N4O10Tc. The van der Waals surface area contributed by atoms with Gasteiger partial charge in [-0.1, -0.05) is 0 Å². The first-order valence-corrected chi connectivity index (χ1v) is 9.89. The Labute approximate surface area is 203 Å². The van der Waals surface area contributed by atoms with Gasteiger partial charge in [-0.25, -0.2) is 19.2 Å². The van der Waals surface area contributed by atoms with E-state index in [1.807, 2.05) is 10.6 Å². The molecule has 0 aliphatic heterocycles. The molecule has 0 saturated heterocycles.